The molecule has 0 bridgehead atoms. The predicted molar refractivity (Wildman–Crippen MR) is 103 cm³/mol. The predicted octanol–water partition coefficient (Wildman–Crippen LogP) is 2.32. The molecule has 6 nitrogen and oxygen atoms in total. The maximum atomic E-state index is 12.3. The van der Waals surface area contributed by atoms with Gasteiger partial charge in [0.05, 0.1) is 25.1 Å². The average molecular weight is 376 g/mol. The number of ether oxygens (including phenoxy) is 1. The van der Waals surface area contributed by atoms with Gasteiger partial charge in [0.2, 0.25) is 0 Å². The normalized spacial score (nSPS) is 18.2. The molecule has 0 atom stereocenters. The van der Waals surface area contributed by atoms with Crippen LogP contribution in [0.15, 0.2) is 0 Å². The van der Waals surface area contributed by atoms with E-state index in [0.29, 0.717) is 17.5 Å². The Labute approximate surface area is 158 Å². The van der Waals surface area contributed by atoms with Gasteiger partial charge in [-0.1, -0.05) is 0 Å². The van der Waals surface area contributed by atoms with Gasteiger partial charge in [-0.25, -0.2) is 14.8 Å². The van der Waals surface area contributed by atoms with E-state index in [1.807, 2.05) is 13.8 Å². The Balaban J connectivity index is 1.70. The van der Waals surface area contributed by atoms with Crippen molar-refractivity contribution in [3.8, 4) is 0 Å². The van der Waals surface area contributed by atoms with Gasteiger partial charge in [-0.05, 0) is 51.5 Å². The van der Waals surface area contributed by atoms with Crippen molar-refractivity contribution < 1.29 is 14.4 Å². The number of nitrogens with zero attached hydrogens (tertiary/aromatic N) is 2. The molecule has 1 saturated carbocycles. The van der Waals surface area contributed by atoms with Gasteiger partial charge in [-0.2, -0.15) is 0 Å². The molecule has 1 aliphatic heterocycles. The van der Waals surface area contributed by atoms with Gasteiger partial charge in [0.15, 0.2) is 5.82 Å². The molecule has 140 valence electrons. The number of anilines is 1. The number of hydrogen-bond acceptors (Lipinski definition) is 6. The lowest BCUT2D eigenvalue weighted by molar-refractivity contribution is -0.919. The molecule has 26 heavy (non-hydrogen) atoms. The van der Waals surface area contributed by atoms with Crippen LogP contribution < -0.4 is 10.2 Å². The van der Waals surface area contributed by atoms with E-state index < -0.39 is 0 Å². The summed E-state index contributed by atoms with van der Waals surface area (Å²) < 4.78 is 5.22. The van der Waals surface area contributed by atoms with Gasteiger partial charge in [-0.3, -0.25) is 0 Å². The minimum absolute atomic E-state index is 0.256. The van der Waals surface area contributed by atoms with Gasteiger partial charge < -0.3 is 15.0 Å². The molecule has 0 amide bonds. The van der Waals surface area contributed by atoms with Crippen LogP contribution in [0.2, 0.25) is 0 Å². The van der Waals surface area contributed by atoms with Crippen LogP contribution in [0.25, 0.3) is 10.2 Å². The van der Waals surface area contributed by atoms with Crippen molar-refractivity contribution in [3.05, 3.63) is 16.3 Å². The molecule has 0 unspecified atom stereocenters. The second-order valence-electron chi connectivity index (χ2n) is 7.35. The molecule has 2 N–H and O–H groups in total. The van der Waals surface area contributed by atoms with Crippen LogP contribution in [-0.2, 0) is 11.3 Å². The number of thiophene rings is 1. The summed E-state index contributed by atoms with van der Waals surface area (Å²) in [5.74, 6) is 1.52. The zero-order valence-corrected chi connectivity index (χ0v) is 16.4. The van der Waals surface area contributed by atoms with Crippen LogP contribution >= 0.6 is 11.3 Å². The number of aryl methyl sites for hydroxylation is 1. The fourth-order valence-corrected chi connectivity index (χ4v) is 4.72. The van der Waals surface area contributed by atoms with E-state index in [2.05, 4.69) is 5.32 Å². The number of hydrogen-bond donors (Lipinski definition) is 2. The van der Waals surface area contributed by atoms with Crippen LogP contribution in [0.1, 0.15) is 60.1 Å². The molecule has 1 aliphatic carbocycles. The number of carbonyl (C=O) groups is 1. The summed E-state index contributed by atoms with van der Waals surface area (Å²) in [4.78, 5) is 25.1. The quantitative estimate of drug-likeness (QED) is 0.759. The molecule has 2 aliphatic rings. The highest BCUT2D eigenvalue weighted by molar-refractivity contribution is 7.20. The maximum Gasteiger partial charge on any atom is 0.348 e. The number of nitrogens with one attached hydrogen (secondary N) is 2. The molecule has 3 heterocycles. The number of rotatable bonds is 6. The van der Waals surface area contributed by atoms with Crippen molar-refractivity contribution in [2.45, 2.75) is 58.5 Å². The molecule has 2 fully saturated rings. The van der Waals surface area contributed by atoms with Crippen molar-refractivity contribution in [2.75, 3.05) is 25.0 Å². The maximum absolute atomic E-state index is 12.3. The zero-order valence-electron chi connectivity index (χ0n) is 15.6. The molecule has 7 heteroatoms. The van der Waals surface area contributed by atoms with Gasteiger partial charge >= 0.3 is 5.97 Å². The summed E-state index contributed by atoms with van der Waals surface area (Å²) in [5, 5.41) is 4.54. The fourth-order valence-electron chi connectivity index (χ4n) is 3.63. The molecule has 1 saturated heterocycles. The number of quaternary nitrogens is 1. The highest BCUT2D eigenvalue weighted by atomic mass is 32.1. The summed E-state index contributed by atoms with van der Waals surface area (Å²) in [6.45, 7) is 7.45. The van der Waals surface area contributed by atoms with Crippen LogP contribution in [0.5, 0.6) is 0 Å². The summed E-state index contributed by atoms with van der Waals surface area (Å²) in [7, 11) is 0. The van der Waals surface area contributed by atoms with E-state index in [4.69, 9.17) is 14.7 Å². The number of carbonyl (C=O) groups excluding carboxylic acids is 1. The van der Waals surface area contributed by atoms with Gasteiger partial charge in [-0.15, -0.1) is 11.3 Å². The highest BCUT2D eigenvalue weighted by Gasteiger charge is 2.27. The second kappa shape index (κ2) is 7.48. The largest absolute Gasteiger partial charge is 0.462 e. The van der Waals surface area contributed by atoms with Gasteiger partial charge in [0.1, 0.15) is 22.1 Å². The fraction of sp³-hybridized carbons (Fsp3) is 0.632. The standard InChI is InChI=1S/C19H26N4O2S/c1-3-25-19(24)16-12(2)15-17(20-13-7-8-13)21-14(22-18(15)26-16)11-23-9-5-4-6-10-23/h13H,3-11H2,1-2H3,(H,20,21,22)/p+1. The topological polar surface area (TPSA) is 68.5 Å². The van der Waals surface area contributed by atoms with Crippen molar-refractivity contribution in [2.24, 2.45) is 0 Å². The third-order valence-electron chi connectivity index (χ3n) is 5.18. The summed E-state index contributed by atoms with van der Waals surface area (Å²) in [6, 6.07) is 0.508. The molecule has 2 aromatic heterocycles. The highest BCUT2D eigenvalue weighted by Crippen LogP contribution is 2.36. The van der Waals surface area contributed by atoms with Crippen molar-refractivity contribution in [1.29, 1.82) is 0 Å². The number of esters is 1. The average Bonchev–Trinajstić information content (AvgIpc) is 3.38. The molecule has 4 rings (SSSR count). The Morgan fingerprint density at radius 1 is 1.27 bits per heavy atom. The first-order valence-corrected chi connectivity index (χ1v) is 10.5. The third-order valence-corrected chi connectivity index (χ3v) is 6.35. The van der Waals surface area contributed by atoms with E-state index in [1.54, 1.807) is 4.90 Å². The third kappa shape index (κ3) is 3.69. The lowest BCUT2D eigenvalue weighted by atomic mass is 10.1. The van der Waals surface area contributed by atoms with Gasteiger partial charge in [0.25, 0.3) is 0 Å². The van der Waals surface area contributed by atoms with Crippen LogP contribution in [0.3, 0.4) is 0 Å². The summed E-state index contributed by atoms with van der Waals surface area (Å²) >= 11 is 1.43. The summed E-state index contributed by atoms with van der Waals surface area (Å²) in [5.41, 5.74) is 0.934. The molecule has 0 spiro atoms. The summed E-state index contributed by atoms with van der Waals surface area (Å²) in [6.07, 6.45) is 6.29. The van der Waals surface area contributed by atoms with Gasteiger partial charge in [0, 0.05) is 6.04 Å². The number of likely N-dealkylation sites (tertiary alicyclic amines) is 1. The van der Waals surface area contributed by atoms with E-state index in [-0.39, 0.29) is 5.97 Å². The lowest BCUT2D eigenvalue weighted by Gasteiger charge is -2.22. The first kappa shape index (κ1) is 17.7. The van der Waals surface area contributed by atoms with E-state index in [1.165, 1.54) is 56.5 Å². The monoisotopic (exact) mass is 375 g/mol. The smallest absolute Gasteiger partial charge is 0.348 e. The first-order chi connectivity index (χ1) is 12.7. The molecule has 2 aromatic rings. The minimum atomic E-state index is -0.256. The molecule has 0 aromatic carbocycles. The van der Waals surface area contributed by atoms with E-state index in [9.17, 15) is 4.79 Å². The van der Waals surface area contributed by atoms with Crippen molar-refractivity contribution in [3.63, 3.8) is 0 Å². The SMILES string of the molecule is CCOC(=O)c1sc2nc(C[NH+]3CCCCC3)nc(NC3CC3)c2c1C. The van der Waals surface area contributed by atoms with E-state index in [0.717, 1.165) is 34.0 Å². The van der Waals surface area contributed by atoms with Crippen molar-refractivity contribution >= 4 is 33.3 Å². The van der Waals surface area contributed by atoms with Crippen LogP contribution in [0.4, 0.5) is 5.82 Å². The van der Waals surface area contributed by atoms with Crippen LogP contribution in [-0.4, -0.2) is 41.7 Å². The second-order valence-corrected chi connectivity index (χ2v) is 8.35. The molecule has 0 radical (unpaired) electrons. The Hall–Kier alpha value is -1.73. The van der Waals surface area contributed by atoms with Crippen molar-refractivity contribution in [1.82, 2.24) is 9.97 Å². The number of piperidine rings is 1. The van der Waals surface area contributed by atoms with Crippen LogP contribution in [0, 0.1) is 6.92 Å². The Kier molecular flexibility index (Phi) is 5.09. The number of aromatic nitrogens is 2. The Bertz CT molecular complexity index is 809. The Morgan fingerprint density at radius 3 is 2.73 bits per heavy atom. The Morgan fingerprint density at radius 2 is 2.04 bits per heavy atom. The lowest BCUT2D eigenvalue weighted by Crippen LogP contribution is -3.11. The molecular weight excluding hydrogens is 348 g/mol. The number of fused-ring (bicyclic) bond motifs is 1. The first-order valence-electron chi connectivity index (χ1n) is 9.73. The molecular formula is C19H27N4O2S+. The minimum Gasteiger partial charge on any atom is -0.462 e. The van der Waals surface area contributed by atoms with E-state index >= 15 is 0 Å². The zero-order chi connectivity index (χ0) is 18.1.